The van der Waals surface area contributed by atoms with E-state index in [1.54, 1.807) is 30.3 Å². The molecule has 0 amide bonds. The average molecular weight is 401 g/mol. The Kier molecular flexibility index (Phi) is 4.65. The van der Waals surface area contributed by atoms with Crippen LogP contribution in [0.15, 0.2) is 48.5 Å². The van der Waals surface area contributed by atoms with Gasteiger partial charge in [-0.2, -0.15) is 18.3 Å². The number of rotatable bonds is 4. The van der Waals surface area contributed by atoms with Crippen LogP contribution in [-0.4, -0.2) is 20.2 Å². The molecular weight excluding hydrogens is 386 g/mol. The molecule has 0 aliphatic heterocycles. The normalized spacial score (nSPS) is 11.8. The Morgan fingerprint density at radius 3 is 2.52 bits per heavy atom. The number of aromatic nitrogens is 4. The molecule has 2 aromatic heterocycles. The van der Waals surface area contributed by atoms with E-state index in [0.29, 0.717) is 22.5 Å². The van der Waals surface area contributed by atoms with E-state index < -0.39 is 18.4 Å². The lowest BCUT2D eigenvalue weighted by Crippen LogP contribution is -2.07. The number of anilines is 2. The van der Waals surface area contributed by atoms with Gasteiger partial charge in [0.15, 0.2) is 5.82 Å². The van der Waals surface area contributed by atoms with Crippen LogP contribution in [0.4, 0.5) is 29.2 Å². The highest BCUT2D eigenvalue weighted by Gasteiger charge is 2.31. The SMILES string of the molecule is Cc1cc(Nc2nc(-c3cc(CF)cc(C(F)(F)F)c3)nc3ccccc23)[nH]n1. The van der Waals surface area contributed by atoms with Crippen molar-refractivity contribution in [3.63, 3.8) is 0 Å². The summed E-state index contributed by atoms with van der Waals surface area (Å²) in [5, 5.41) is 10.6. The van der Waals surface area contributed by atoms with E-state index in [-0.39, 0.29) is 17.0 Å². The van der Waals surface area contributed by atoms with Gasteiger partial charge in [-0.05, 0) is 42.8 Å². The number of alkyl halides is 4. The minimum absolute atomic E-state index is 0.0586. The van der Waals surface area contributed by atoms with E-state index in [4.69, 9.17) is 0 Å². The van der Waals surface area contributed by atoms with E-state index in [1.165, 1.54) is 6.07 Å². The van der Waals surface area contributed by atoms with Crippen molar-refractivity contribution in [3.8, 4) is 11.4 Å². The highest BCUT2D eigenvalue weighted by atomic mass is 19.4. The highest BCUT2D eigenvalue weighted by molar-refractivity contribution is 5.92. The fourth-order valence-corrected chi connectivity index (χ4v) is 2.98. The Morgan fingerprint density at radius 2 is 1.83 bits per heavy atom. The Bertz CT molecular complexity index is 1180. The van der Waals surface area contributed by atoms with Gasteiger partial charge < -0.3 is 5.32 Å². The molecule has 0 saturated carbocycles. The molecule has 29 heavy (non-hydrogen) atoms. The topological polar surface area (TPSA) is 66.5 Å². The van der Waals surface area contributed by atoms with Gasteiger partial charge in [-0.25, -0.2) is 14.4 Å². The predicted molar refractivity (Wildman–Crippen MR) is 101 cm³/mol. The van der Waals surface area contributed by atoms with Gasteiger partial charge in [-0.3, -0.25) is 5.10 Å². The van der Waals surface area contributed by atoms with Crippen molar-refractivity contribution in [3.05, 3.63) is 65.4 Å². The first kappa shape index (κ1) is 18.9. The summed E-state index contributed by atoms with van der Waals surface area (Å²) < 4.78 is 52.9. The maximum absolute atomic E-state index is 13.2. The second-order valence-corrected chi connectivity index (χ2v) is 6.51. The third-order valence-corrected chi connectivity index (χ3v) is 4.29. The van der Waals surface area contributed by atoms with Gasteiger partial charge in [-0.1, -0.05) is 12.1 Å². The van der Waals surface area contributed by atoms with Crippen LogP contribution in [-0.2, 0) is 12.9 Å². The summed E-state index contributed by atoms with van der Waals surface area (Å²) in [6.45, 7) is 0.787. The van der Waals surface area contributed by atoms with E-state index in [0.717, 1.165) is 17.8 Å². The molecule has 0 bridgehead atoms. The molecule has 2 heterocycles. The summed E-state index contributed by atoms with van der Waals surface area (Å²) in [5.41, 5.74) is 0.345. The van der Waals surface area contributed by atoms with Gasteiger partial charge in [0.1, 0.15) is 18.3 Å². The number of aromatic amines is 1. The smallest absolute Gasteiger partial charge is 0.325 e. The molecule has 0 spiro atoms. The van der Waals surface area contributed by atoms with Crippen molar-refractivity contribution in [2.24, 2.45) is 0 Å². The van der Waals surface area contributed by atoms with Gasteiger partial charge in [0.05, 0.1) is 16.8 Å². The zero-order valence-electron chi connectivity index (χ0n) is 15.2. The number of nitrogens with zero attached hydrogens (tertiary/aromatic N) is 3. The second kappa shape index (κ2) is 7.16. The molecular formula is C20H15F4N5. The fraction of sp³-hybridized carbons (Fsp3) is 0.150. The third kappa shape index (κ3) is 3.89. The Morgan fingerprint density at radius 1 is 1.03 bits per heavy atom. The molecule has 4 aromatic rings. The molecule has 0 radical (unpaired) electrons. The highest BCUT2D eigenvalue weighted by Crippen LogP contribution is 2.34. The number of halogens is 4. The molecule has 0 atom stereocenters. The lowest BCUT2D eigenvalue weighted by atomic mass is 10.0. The van der Waals surface area contributed by atoms with E-state index in [2.05, 4.69) is 25.5 Å². The van der Waals surface area contributed by atoms with Crippen molar-refractivity contribution >= 4 is 22.5 Å². The number of hydrogen-bond acceptors (Lipinski definition) is 4. The van der Waals surface area contributed by atoms with Crippen LogP contribution >= 0.6 is 0 Å². The van der Waals surface area contributed by atoms with Crippen LogP contribution in [0.5, 0.6) is 0 Å². The first-order valence-electron chi connectivity index (χ1n) is 8.67. The van der Waals surface area contributed by atoms with Gasteiger partial charge in [0.2, 0.25) is 0 Å². The molecule has 5 nitrogen and oxygen atoms in total. The quantitative estimate of drug-likeness (QED) is 0.440. The number of aryl methyl sites for hydroxylation is 1. The lowest BCUT2D eigenvalue weighted by Gasteiger charge is -2.13. The monoisotopic (exact) mass is 401 g/mol. The number of H-pyrrole nitrogens is 1. The zero-order valence-corrected chi connectivity index (χ0v) is 15.2. The number of fused-ring (bicyclic) bond motifs is 1. The lowest BCUT2D eigenvalue weighted by molar-refractivity contribution is -0.137. The zero-order chi connectivity index (χ0) is 20.6. The molecule has 9 heteroatoms. The van der Waals surface area contributed by atoms with E-state index in [9.17, 15) is 17.6 Å². The van der Waals surface area contributed by atoms with Crippen molar-refractivity contribution < 1.29 is 17.6 Å². The van der Waals surface area contributed by atoms with Gasteiger partial charge in [0, 0.05) is 17.0 Å². The molecule has 0 fully saturated rings. The van der Waals surface area contributed by atoms with E-state index in [1.807, 2.05) is 6.92 Å². The second-order valence-electron chi connectivity index (χ2n) is 6.51. The van der Waals surface area contributed by atoms with Gasteiger partial charge >= 0.3 is 6.18 Å². The summed E-state index contributed by atoms with van der Waals surface area (Å²) in [4.78, 5) is 8.80. The molecule has 4 rings (SSSR count). The number of nitrogens with one attached hydrogen (secondary N) is 2. The number of para-hydroxylation sites is 1. The predicted octanol–water partition coefficient (Wildman–Crippen LogP) is 5.56. The summed E-state index contributed by atoms with van der Waals surface area (Å²) in [5.74, 6) is 1.03. The number of hydrogen-bond donors (Lipinski definition) is 2. The average Bonchev–Trinajstić information content (AvgIpc) is 3.11. The van der Waals surface area contributed by atoms with Crippen LogP contribution in [0.2, 0.25) is 0 Å². The molecule has 2 N–H and O–H groups in total. The van der Waals surface area contributed by atoms with Crippen LogP contribution in [0.1, 0.15) is 16.8 Å². The third-order valence-electron chi connectivity index (χ3n) is 4.29. The van der Waals surface area contributed by atoms with Crippen molar-refractivity contribution in [1.82, 2.24) is 20.2 Å². The summed E-state index contributed by atoms with van der Waals surface area (Å²) in [6, 6.07) is 11.9. The maximum atomic E-state index is 13.2. The Labute approximate surface area is 162 Å². The molecule has 0 unspecified atom stereocenters. The van der Waals surface area contributed by atoms with Crippen molar-refractivity contribution in [2.45, 2.75) is 19.8 Å². The van der Waals surface area contributed by atoms with Crippen molar-refractivity contribution in [2.75, 3.05) is 5.32 Å². The minimum atomic E-state index is -4.61. The van der Waals surface area contributed by atoms with Gasteiger partial charge in [0.25, 0.3) is 0 Å². The molecule has 0 aliphatic rings. The fourth-order valence-electron chi connectivity index (χ4n) is 2.98. The molecule has 0 aliphatic carbocycles. The Hall–Kier alpha value is -3.49. The molecule has 0 saturated heterocycles. The van der Waals surface area contributed by atoms with Gasteiger partial charge in [-0.15, -0.1) is 0 Å². The van der Waals surface area contributed by atoms with Crippen LogP contribution in [0.3, 0.4) is 0 Å². The minimum Gasteiger partial charge on any atom is -0.325 e. The summed E-state index contributed by atoms with van der Waals surface area (Å²) in [7, 11) is 0. The van der Waals surface area contributed by atoms with Crippen molar-refractivity contribution in [1.29, 1.82) is 0 Å². The number of benzene rings is 2. The Balaban J connectivity index is 1.88. The standard InChI is InChI=1S/C20H15F4N5/c1-11-6-17(29-28-11)26-19-15-4-2-3-5-16(15)25-18(27-19)13-7-12(10-21)8-14(9-13)20(22,23)24/h2-9H,10H2,1H3,(H2,25,26,27,28,29). The van der Waals surface area contributed by atoms with Crippen LogP contribution in [0.25, 0.3) is 22.3 Å². The van der Waals surface area contributed by atoms with Crippen LogP contribution in [0, 0.1) is 6.92 Å². The van der Waals surface area contributed by atoms with E-state index >= 15 is 0 Å². The molecule has 148 valence electrons. The molecule has 2 aromatic carbocycles. The van der Waals surface area contributed by atoms with Crippen LogP contribution < -0.4 is 5.32 Å². The first-order valence-corrected chi connectivity index (χ1v) is 8.67. The largest absolute Gasteiger partial charge is 0.416 e. The first-order chi connectivity index (χ1) is 13.8. The summed E-state index contributed by atoms with van der Waals surface area (Å²) in [6.07, 6.45) is -4.61. The summed E-state index contributed by atoms with van der Waals surface area (Å²) >= 11 is 0. The maximum Gasteiger partial charge on any atom is 0.416 e.